The van der Waals surface area contributed by atoms with Crippen molar-refractivity contribution in [1.29, 1.82) is 0 Å². The summed E-state index contributed by atoms with van der Waals surface area (Å²) in [7, 11) is 0. The lowest BCUT2D eigenvalue weighted by atomic mass is 10.0. The molecule has 6 nitrogen and oxygen atoms in total. The van der Waals surface area contributed by atoms with Crippen molar-refractivity contribution in [3.8, 4) is 0 Å². The first-order valence-electron chi connectivity index (χ1n) is 26.4. The molecular formula is C59H96O6. The fraction of sp³-hybridized carbons (Fsp3) is 0.644. The fourth-order valence-corrected chi connectivity index (χ4v) is 6.87. The summed E-state index contributed by atoms with van der Waals surface area (Å²) in [5.74, 6) is -0.971. The van der Waals surface area contributed by atoms with E-state index in [1.54, 1.807) is 0 Å². The smallest absolute Gasteiger partial charge is 0.306 e. The maximum atomic E-state index is 12.8. The van der Waals surface area contributed by atoms with Gasteiger partial charge in [-0.2, -0.15) is 0 Å². The molecule has 0 amide bonds. The number of hydrogen-bond acceptors (Lipinski definition) is 6. The molecule has 0 saturated carbocycles. The van der Waals surface area contributed by atoms with Gasteiger partial charge in [0.1, 0.15) is 13.2 Å². The van der Waals surface area contributed by atoms with Crippen LogP contribution in [0, 0.1) is 0 Å². The molecule has 65 heavy (non-hydrogen) atoms. The van der Waals surface area contributed by atoms with E-state index in [1.807, 2.05) is 0 Å². The lowest BCUT2D eigenvalue weighted by Gasteiger charge is -2.18. The van der Waals surface area contributed by atoms with E-state index in [0.717, 1.165) is 128 Å². The summed E-state index contributed by atoms with van der Waals surface area (Å²) in [5, 5.41) is 0. The van der Waals surface area contributed by atoms with Crippen molar-refractivity contribution in [2.45, 2.75) is 232 Å². The molecule has 0 fully saturated rings. The van der Waals surface area contributed by atoms with Gasteiger partial charge in [-0.25, -0.2) is 0 Å². The van der Waals surface area contributed by atoms with Gasteiger partial charge < -0.3 is 14.2 Å². The molecule has 0 spiro atoms. The Balaban J connectivity index is 4.50. The highest BCUT2D eigenvalue weighted by atomic mass is 16.6. The molecule has 0 rings (SSSR count). The number of unbranched alkanes of at least 4 members (excludes halogenated alkanes) is 17. The van der Waals surface area contributed by atoms with E-state index in [2.05, 4.69) is 130 Å². The van der Waals surface area contributed by atoms with E-state index in [0.29, 0.717) is 12.8 Å². The van der Waals surface area contributed by atoms with Gasteiger partial charge >= 0.3 is 17.9 Å². The molecule has 1 atom stereocenters. The topological polar surface area (TPSA) is 78.9 Å². The Morgan fingerprint density at radius 1 is 0.323 bits per heavy atom. The Hall–Kier alpha value is -3.93. The Labute approximate surface area is 400 Å². The molecule has 6 heteroatoms. The van der Waals surface area contributed by atoms with Crippen molar-refractivity contribution in [3.05, 3.63) is 109 Å². The van der Waals surface area contributed by atoms with Crippen LogP contribution in [-0.2, 0) is 28.6 Å². The quantitative estimate of drug-likeness (QED) is 0.0262. The van der Waals surface area contributed by atoms with Gasteiger partial charge in [-0.05, 0) is 103 Å². The number of rotatable bonds is 46. The molecule has 0 radical (unpaired) electrons. The third-order valence-electron chi connectivity index (χ3n) is 10.8. The maximum Gasteiger partial charge on any atom is 0.306 e. The molecular weight excluding hydrogens is 805 g/mol. The molecule has 0 aromatic rings. The number of allylic oxidation sites excluding steroid dienone is 18. The number of hydrogen-bond donors (Lipinski definition) is 0. The normalized spacial score (nSPS) is 13.0. The predicted octanol–water partition coefficient (Wildman–Crippen LogP) is 17.5. The summed E-state index contributed by atoms with van der Waals surface area (Å²) in [6, 6.07) is 0. The van der Waals surface area contributed by atoms with Crippen LogP contribution in [0.15, 0.2) is 109 Å². The third-order valence-corrected chi connectivity index (χ3v) is 10.8. The van der Waals surface area contributed by atoms with Crippen LogP contribution in [0.2, 0.25) is 0 Å². The van der Waals surface area contributed by atoms with Crippen LogP contribution in [0.5, 0.6) is 0 Å². The zero-order valence-electron chi connectivity index (χ0n) is 42.0. The van der Waals surface area contributed by atoms with Crippen LogP contribution >= 0.6 is 0 Å². The van der Waals surface area contributed by atoms with Gasteiger partial charge in [0.15, 0.2) is 6.10 Å². The van der Waals surface area contributed by atoms with Gasteiger partial charge in [-0.3, -0.25) is 14.4 Å². The Kier molecular flexibility index (Phi) is 49.5. The van der Waals surface area contributed by atoms with Gasteiger partial charge in [0.25, 0.3) is 0 Å². The van der Waals surface area contributed by atoms with Crippen molar-refractivity contribution in [1.82, 2.24) is 0 Å². The summed E-state index contributed by atoms with van der Waals surface area (Å²) in [6.45, 7) is 6.34. The first-order valence-corrected chi connectivity index (χ1v) is 26.4. The molecule has 0 N–H and O–H groups in total. The lowest BCUT2D eigenvalue weighted by molar-refractivity contribution is -0.167. The van der Waals surface area contributed by atoms with Crippen molar-refractivity contribution in [2.24, 2.45) is 0 Å². The van der Waals surface area contributed by atoms with Crippen molar-refractivity contribution in [3.63, 3.8) is 0 Å². The standard InChI is InChI=1S/C59H96O6/c1-4-7-10-13-16-19-22-25-27-29-30-31-33-34-37-40-43-46-49-52-58(61)64-55-56(54-63-57(60)51-48-45-42-39-36-24-21-18-15-12-9-6-3)65-59(62)53-50-47-44-41-38-35-32-28-26-23-20-17-14-11-8-5-2/h7-8,10-11,16-17,19-20,25-28,30-31,34-35,37-38,56H,4-6,9,12-15,18,21-24,29,32-33,36,39-55H2,1-3H3/b10-7-,11-8-,19-16-,20-17-,27-25-,28-26-,31-30-,37-34-,38-35-. The third kappa shape index (κ3) is 50.9. The average molecular weight is 901 g/mol. The zero-order chi connectivity index (χ0) is 47.2. The highest BCUT2D eigenvalue weighted by Gasteiger charge is 2.19. The first-order chi connectivity index (χ1) is 32.0. The first kappa shape index (κ1) is 61.1. The minimum atomic E-state index is -0.808. The molecule has 1 unspecified atom stereocenters. The van der Waals surface area contributed by atoms with Gasteiger partial charge in [0, 0.05) is 19.3 Å². The van der Waals surface area contributed by atoms with Crippen LogP contribution in [-0.4, -0.2) is 37.2 Å². The van der Waals surface area contributed by atoms with E-state index in [4.69, 9.17) is 14.2 Å². The predicted molar refractivity (Wildman–Crippen MR) is 279 cm³/mol. The van der Waals surface area contributed by atoms with Gasteiger partial charge in [-0.1, -0.05) is 214 Å². The number of esters is 3. The van der Waals surface area contributed by atoms with Crippen LogP contribution in [0.3, 0.4) is 0 Å². The SMILES string of the molecule is CC/C=C\C/C=C\C/C=C\C/C=C\C/C=C\CCCCCC(=O)OCC(COC(=O)CCCCCCCCCCCCCC)OC(=O)CCCCC/C=C\C/C=C\C/C=C\C/C=C\CC. The Morgan fingerprint density at radius 3 is 0.938 bits per heavy atom. The second-order valence-electron chi connectivity index (χ2n) is 17.0. The molecule has 0 aliphatic carbocycles. The molecule has 0 aliphatic rings. The second kappa shape index (κ2) is 52.7. The van der Waals surface area contributed by atoms with Crippen LogP contribution in [0.1, 0.15) is 226 Å². The molecule has 0 aliphatic heterocycles. The van der Waals surface area contributed by atoms with E-state index >= 15 is 0 Å². The molecule has 0 saturated heterocycles. The number of ether oxygens (including phenoxy) is 3. The van der Waals surface area contributed by atoms with Gasteiger partial charge in [-0.15, -0.1) is 0 Å². The molecule has 0 bridgehead atoms. The molecule has 0 aromatic heterocycles. The summed E-state index contributed by atoms with van der Waals surface area (Å²) in [4.78, 5) is 38.0. The van der Waals surface area contributed by atoms with Crippen molar-refractivity contribution < 1.29 is 28.6 Å². The lowest BCUT2D eigenvalue weighted by Crippen LogP contribution is -2.30. The van der Waals surface area contributed by atoms with Crippen molar-refractivity contribution >= 4 is 17.9 Å². The number of carbonyl (C=O) groups is 3. The molecule has 0 aromatic carbocycles. The maximum absolute atomic E-state index is 12.8. The summed E-state index contributed by atoms with van der Waals surface area (Å²) >= 11 is 0. The fourth-order valence-electron chi connectivity index (χ4n) is 6.87. The Morgan fingerprint density at radius 2 is 0.600 bits per heavy atom. The van der Waals surface area contributed by atoms with Gasteiger partial charge in [0.2, 0.25) is 0 Å². The van der Waals surface area contributed by atoms with E-state index < -0.39 is 6.10 Å². The van der Waals surface area contributed by atoms with E-state index in [1.165, 1.54) is 57.8 Å². The average Bonchev–Trinajstić information content (AvgIpc) is 3.30. The highest BCUT2D eigenvalue weighted by molar-refractivity contribution is 5.71. The van der Waals surface area contributed by atoms with E-state index in [9.17, 15) is 14.4 Å². The molecule has 0 heterocycles. The Bertz CT molecular complexity index is 1360. The minimum absolute atomic E-state index is 0.102. The number of carbonyl (C=O) groups excluding carboxylic acids is 3. The van der Waals surface area contributed by atoms with Gasteiger partial charge in [0.05, 0.1) is 0 Å². The van der Waals surface area contributed by atoms with Crippen molar-refractivity contribution in [2.75, 3.05) is 13.2 Å². The highest BCUT2D eigenvalue weighted by Crippen LogP contribution is 2.14. The second-order valence-corrected chi connectivity index (χ2v) is 17.0. The van der Waals surface area contributed by atoms with E-state index in [-0.39, 0.29) is 37.5 Å². The summed E-state index contributed by atoms with van der Waals surface area (Å²) in [6.07, 6.45) is 70.7. The largest absolute Gasteiger partial charge is 0.462 e. The molecule has 368 valence electrons. The summed E-state index contributed by atoms with van der Waals surface area (Å²) in [5.41, 5.74) is 0. The minimum Gasteiger partial charge on any atom is -0.462 e. The van der Waals surface area contributed by atoms with Crippen LogP contribution in [0.4, 0.5) is 0 Å². The zero-order valence-corrected chi connectivity index (χ0v) is 42.0. The summed E-state index contributed by atoms with van der Waals surface area (Å²) < 4.78 is 16.8. The van der Waals surface area contributed by atoms with Crippen LogP contribution < -0.4 is 0 Å². The van der Waals surface area contributed by atoms with Crippen LogP contribution in [0.25, 0.3) is 0 Å². The monoisotopic (exact) mass is 901 g/mol.